The molecule has 0 aromatic carbocycles. The molecule has 0 saturated heterocycles. The first kappa shape index (κ1) is 10.3. The molecule has 0 unspecified atom stereocenters. The molecule has 2 N–H and O–H groups in total. The van der Waals surface area contributed by atoms with E-state index in [-0.39, 0.29) is 5.41 Å². The molecule has 1 aliphatic rings. The molecule has 0 amide bonds. The largest absolute Gasteiger partial charge is 0.368 e. The fraction of sp³-hybridized carbons (Fsp3) is 0.417. The van der Waals surface area contributed by atoms with Crippen LogP contribution in [0.25, 0.3) is 11.4 Å². The third-order valence-corrected chi connectivity index (χ3v) is 3.41. The molecule has 0 fully saturated rings. The van der Waals surface area contributed by atoms with E-state index in [1.54, 1.807) is 0 Å². The number of aryl methyl sites for hydroxylation is 1. The van der Waals surface area contributed by atoms with Crippen LogP contribution in [0.15, 0.2) is 12.4 Å². The standard InChI is InChI=1S/C12H15N5/c1-12(2)4-7-5-14-11(13)16-9(7)10-8(12)6-15-17(10)3/h5-6H,4H2,1-3H3,(H2,13,14,16). The van der Waals surface area contributed by atoms with Gasteiger partial charge < -0.3 is 5.73 Å². The van der Waals surface area contributed by atoms with Crippen LogP contribution < -0.4 is 5.73 Å². The SMILES string of the molecule is Cn1ncc2c1-c1nc(N)ncc1CC2(C)C. The van der Waals surface area contributed by atoms with Gasteiger partial charge in [-0.05, 0) is 17.4 Å². The summed E-state index contributed by atoms with van der Waals surface area (Å²) in [5.41, 5.74) is 10.1. The summed E-state index contributed by atoms with van der Waals surface area (Å²) in [7, 11) is 1.93. The van der Waals surface area contributed by atoms with Gasteiger partial charge in [-0.2, -0.15) is 5.10 Å². The summed E-state index contributed by atoms with van der Waals surface area (Å²) in [5, 5.41) is 4.34. The first-order valence-corrected chi connectivity index (χ1v) is 5.63. The molecule has 17 heavy (non-hydrogen) atoms. The van der Waals surface area contributed by atoms with Crippen LogP contribution in [0.3, 0.4) is 0 Å². The molecule has 5 nitrogen and oxygen atoms in total. The second-order valence-corrected chi connectivity index (χ2v) is 5.19. The van der Waals surface area contributed by atoms with E-state index in [1.807, 2.05) is 24.1 Å². The molecular formula is C12H15N5. The highest BCUT2D eigenvalue weighted by atomic mass is 15.3. The smallest absolute Gasteiger partial charge is 0.220 e. The van der Waals surface area contributed by atoms with E-state index in [2.05, 4.69) is 28.9 Å². The fourth-order valence-corrected chi connectivity index (χ4v) is 2.54. The van der Waals surface area contributed by atoms with Crippen molar-refractivity contribution in [1.82, 2.24) is 19.7 Å². The molecule has 3 rings (SSSR count). The number of anilines is 1. The predicted octanol–water partition coefficient (Wildman–Crippen LogP) is 1.29. The van der Waals surface area contributed by atoms with E-state index < -0.39 is 0 Å². The summed E-state index contributed by atoms with van der Waals surface area (Å²) >= 11 is 0. The van der Waals surface area contributed by atoms with Crippen molar-refractivity contribution in [3.05, 3.63) is 23.5 Å². The highest BCUT2D eigenvalue weighted by Gasteiger charge is 2.34. The zero-order chi connectivity index (χ0) is 12.2. The van der Waals surface area contributed by atoms with Crippen molar-refractivity contribution >= 4 is 5.95 Å². The number of nitrogens with zero attached hydrogens (tertiary/aromatic N) is 4. The van der Waals surface area contributed by atoms with Crippen molar-refractivity contribution in [2.24, 2.45) is 7.05 Å². The Hall–Kier alpha value is -1.91. The van der Waals surface area contributed by atoms with Crippen LogP contribution >= 0.6 is 0 Å². The first-order chi connectivity index (χ1) is 7.99. The Morgan fingerprint density at radius 2 is 2.12 bits per heavy atom. The molecule has 0 saturated carbocycles. The lowest BCUT2D eigenvalue weighted by Gasteiger charge is -2.30. The third-order valence-electron chi connectivity index (χ3n) is 3.41. The highest BCUT2D eigenvalue weighted by molar-refractivity contribution is 5.68. The van der Waals surface area contributed by atoms with Crippen molar-refractivity contribution < 1.29 is 0 Å². The van der Waals surface area contributed by atoms with Crippen LogP contribution in [-0.2, 0) is 18.9 Å². The summed E-state index contributed by atoms with van der Waals surface area (Å²) in [6.07, 6.45) is 4.67. The number of nitrogens with two attached hydrogens (primary N) is 1. The van der Waals surface area contributed by atoms with E-state index in [9.17, 15) is 0 Å². The first-order valence-electron chi connectivity index (χ1n) is 5.63. The van der Waals surface area contributed by atoms with Crippen molar-refractivity contribution in [2.75, 3.05) is 5.73 Å². The lowest BCUT2D eigenvalue weighted by atomic mass is 9.74. The monoisotopic (exact) mass is 229 g/mol. The van der Waals surface area contributed by atoms with Gasteiger partial charge >= 0.3 is 0 Å². The fourth-order valence-electron chi connectivity index (χ4n) is 2.54. The number of aromatic nitrogens is 4. The van der Waals surface area contributed by atoms with Crippen molar-refractivity contribution in [2.45, 2.75) is 25.7 Å². The maximum Gasteiger partial charge on any atom is 0.220 e. The quantitative estimate of drug-likeness (QED) is 0.739. The number of hydrogen-bond acceptors (Lipinski definition) is 4. The van der Waals surface area contributed by atoms with Gasteiger partial charge in [0, 0.05) is 18.8 Å². The Bertz CT molecular complexity index is 597. The summed E-state index contributed by atoms with van der Waals surface area (Å²) in [6.45, 7) is 4.43. The average Bonchev–Trinajstić information content (AvgIpc) is 2.63. The van der Waals surface area contributed by atoms with Crippen LogP contribution in [0, 0.1) is 0 Å². The zero-order valence-electron chi connectivity index (χ0n) is 10.2. The maximum absolute atomic E-state index is 5.67. The van der Waals surface area contributed by atoms with Gasteiger partial charge in [-0.1, -0.05) is 13.8 Å². The van der Waals surface area contributed by atoms with E-state index in [0.29, 0.717) is 5.95 Å². The second kappa shape index (κ2) is 3.06. The molecule has 0 radical (unpaired) electrons. The Kier molecular flexibility index (Phi) is 1.85. The van der Waals surface area contributed by atoms with Gasteiger partial charge in [0.05, 0.1) is 17.6 Å². The van der Waals surface area contributed by atoms with Crippen LogP contribution in [0.4, 0.5) is 5.95 Å². The van der Waals surface area contributed by atoms with Crippen LogP contribution in [0.1, 0.15) is 25.0 Å². The van der Waals surface area contributed by atoms with E-state index in [1.165, 1.54) is 5.56 Å². The third kappa shape index (κ3) is 1.35. The molecule has 2 aromatic rings. The van der Waals surface area contributed by atoms with E-state index in [0.717, 1.165) is 23.4 Å². The predicted molar refractivity (Wildman–Crippen MR) is 65.4 cm³/mol. The van der Waals surface area contributed by atoms with Gasteiger partial charge in [-0.15, -0.1) is 0 Å². The van der Waals surface area contributed by atoms with Crippen molar-refractivity contribution in [1.29, 1.82) is 0 Å². The summed E-state index contributed by atoms with van der Waals surface area (Å²) in [5.74, 6) is 0.315. The second-order valence-electron chi connectivity index (χ2n) is 5.19. The molecule has 0 spiro atoms. The van der Waals surface area contributed by atoms with Gasteiger partial charge in [0.25, 0.3) is 0 Å². The van der Waals surface area contributed by atoms with Crippen LogP contribution in [-0.4, -0.2) is 19.7 Å². The Morgan fingerprint density at radius 3 is 2.88 bits per heavy atom. The van der Waals surface area contributed by atoms with Crippen LogP contribution in [0.5, 0.6) is 0 Å². The molecule has 2 aromatic heterocycles. The number of fused-ring (bicyclic) bond motifs is 3. The topological polar surface area (TPSA) is 69.6 Å². The molecule has 88 valence electrons. The summed E-state index contributed by atoms with van der Waals surface area (Å²) in [6, 6.07) is 0. The molecule has 0 aliphatic heterocycles. The molecule has 0 bridgehead atoms. The van der Waals surface area contributed by atoms with Crippen molar-refractivity contribution in [3.63, 3.8) is 0 Å². The Labute approximate surface area is 99.7 Å². The minimum atomic E-state index is 0.0655. The van der Waals surface area contributed by atoms with Crippen molar-refractivity contribution in [3.8, 4) is 11.4 Å². The van der Waals surface area contributed by atoms with Gasteiger partial charge in [0.2, 0.25) is 5.95 Å². The molecule has 5 heteroatoms. The minimum Gasteiger partial charge on any atom is -0.368 e. The van der Waals surface area contributed by atoms with Gasteiger partial charge in [-0.3, -0.25) is 4.68 Å². The number of rotatable bonds is 0. The zero-order valence-corrected chi connectivity index (χ0v) is 10.2. The minimum absolute atomic E-state index is 0.0655. The normalized spacial score (nSPS) is 16.4. The highest BCUT2D eigenvalue weighted by Crippen LogP contribution is 2.41. The molecule has 0 atom stereocenters. The van der Waals surface area contributed by atoms with Gasteiger partial charge in [-0.25, -0.2) is 9.97 Å². The maximum atomic E-state index is 5.67. The molecule has 1 aliphatic carbocycles. The summed E-state index contributed by atoms with van der Waals surface area (Å²) in [4.78, 5) is 8.44. The van der Waals surface area contributed by atoms with E-state index in [4.69, 9.17) is 5.73 Å². The summed E-state index contributed by atoms with van der Waals surface area (Å²) < 4.78 is 1.86. The van der Waals surface area contributed by atoms with Gasteiger partial charge in [0.15, 0.2) is 0 Å². The van der Waals surface area contributed by atoms with Gasteiger partial charge in [0.1, 0.15) is 0 Å². The lowest BCUT2D eigenvalue weighted by molar-refractivity contribution is 0.513. The number of hydrogen-bond donors (Lipinski definition) is 1. The average molecular weight is 229 g/mol. The molecular weight excluding hydrogens is 214 g/mol. The molecule has 2 heterocycles. The van der Waals surface area contributed by atoms with Crippen LogP contribution in [0.2, 0.25) is 0 Å². The van der Waals surface area contributed by atoms with E-state index >= 15 is 0 Å². The Morgan fingerprint density at radius 1 is 1.35 bits per heavy atom. The lowest BCUT2D eigenvalue weighted by Crippen LogP contribution is -2.26. The Balaban J connectivity index is 2.35. The number of nitrogen functional groups attached to an aromatic ring is 1.